The summed E-state index contributed by atoms with van der Waals surface area (Å²) in [5.41, 5.74) is 1.08. The van der Waals surface area contributed by atoms with Gasteiger partial charge in [0.1, 0.15) is 0 Å². The standard InChI is InChI=1S/C21H30ClN3O2/c1-14(26)23-18-9-11-19(12-10-18)24-21(27)25-20(15-5-2-3-6-15)16-7-4-8-17(22)13-16/h4,7-8,13,15,18-20H,2-3,5-6,9-12H2,1H3,(H,23,26)(H2,24,25,27). The van der Waals surface area contributed by atoms with Crippen LogP contribution < -0.4 is 16.0 Å². The van der Waals surface area contributed by atoms with E-state index >= 15 is 0 Å². The van der Waals surface area contributed by atoms with Crippen LogP contribution in [0.2, 0.25) is 5.02 Å². The largest absolute Gasteiger partial charge is 0.354 e. The van der Waals surface area contributed by atoms with Gasteiger partial charge in [-0.15, -0.1) is 0 Å². The maximum absolute atomic E-state index is 12.7. The third-order valence-corrected chi connectivity index (χ3v) is 6.07. The molecule has 0 spiro atoms. The number of hydrogen-bond acceptors (Lipinski definition) is 2. The Kier molecular flexibility index (Phi) is 7.00. The zero-order valence-electron chi connectivity index (χ0n) is 16.0. The van der Waals surface area contributed by atoms with Gasteiger partial charge in [-0.2, -0.15) is 0 Å². The summed E-state index contributed by atoms with van der Waals surface area (Å²) in [7, 11) is 0. The highest BCUT2D eigenvalue weighted by Crippen LogP contribution is 2.36. The number of carbonyl (C=O) groups is 2. The lowest BCUT2D eigenvalue weighted by Crippen LogP contribution is -2.48. The molecule has 1 aromatic carbocycles. The maximum atomic E-state index is 12.7. The normalized spacial score (nSPS) is 24.2. The molecule has 1 aromatic rings. The van der Waals surface area contributed by atoms with Gasteiger partial charge in [0.2, 0.25) is 5.91 Å². The molecule has 3 N–H and O–H groups in total. The average Bonchev–Trinajstić information content (AvgIpc) is 3.15. The zero-order chi connectivity index (χ0) is 19.2. The summed E-state index contributed by atoms with van der Waals surface area (Å²) in [6.45, 7) is 1.55. The Labute approximate surface area is 166 Å². The van der Waals surface area contributed by atoms with Crippen LogP contribution in [-0.4, -0.2) is 24.0 Å². The van der Waals surface area contributed by atoms with Gasteiger partial charge in [0, 0.05) is 24.0 Å². The first-order chi connectivity index (χ1) is 13.0. The first-order valence-electron chi connectivity index (χ1n) is 10.1. The van der Waals surface area contributed by atoms with Gasteiger partial charge in [0.25, 0.3) is 0 Å². The number of rotatable bonds is 5. The molecule has 0 aliphatic heterocycles. The fourth-order valence-electron chi connectivity index (χ4n) is 4.50. The van der Waals surface area contributed by atoms with Gasteiger partial charge in [0.05, 0.1) is 6.04 Å². The Hall–Kier alpha value is -1.75. The smallest absolute Gasteiger partial charge is 0.315 e. The van der Waals surface area contributed by atoms with Crippen molar-refractivity contribution in [3.63, 3.8) is 0 Å². The van der Waals surface area contributed by atoms with E-state index in [-0.39, 0.29) is 30.1 Å². The molecule has 1 unspecified atom stereocenters. The van der Waals surface area contributed by atoms with E-state index in [1.54, 1.807) is 6.92 Å². The number of nitrogens with one attached hydrogen (secondary N) is 3. The van der Waals surface area contributed by atoms with Crippen molar-refractivity contribution in [2.75, 3.05) is 0 Å². The molecule has 0 heterocycles. The minimum Gasteiger partial charge on any atom is -0.354 e. The number of halogens is 1. The summed E-state index contributed by atoms with van der Waals surface area (Å²) in [6.07, 6.45) is 8.32. The molecule has 0 aromatic heterocycles. The lowest BCUT2D eigenvalue weighted by molar-refractivity contribution is -0.119. The number of urea groups is 1. The van der Waals surface area contributed by atoms with Gasteiger partial charge >= 0.3 is 6.03 Å². The number of benzene rings is 1. The Morgan fingerprint density at radius 2 is 1.63 bits per heavy atom. The molecule has 2 aliphatic carbocycles. The van der Waals surface area contributed by atoms with Crippen LogP contribution in [0.5, 0.6) is 0 Å². The highest BCUT2D eigenvalue weighted by molar-refractivity contribution is 6.30. The van der Waals surface area contributed by atoms with Crippen molar-refractivity contribution >= 4 is 23.5 Å². The number of amides is 3. The molecule has 6 heteroatoms. The Balaban J connectivity index is 1.56. The third-order valence-electron chi connectivity index (χ3n) is 5.84. The second kappa shape index (κ2) is 9.45. The maximum Gasteiger partial charge on any atom is 0.315 e. The van der Waals surface area contributed by atoms with E-state index in [1.165, 1.54) is 12.8 Å². The Morgan fingerprint density at radius 1 is 1.00 bits per heavy atom. The van der Waals surface area contributed by atoms with Crippen LogP contribution in [0.1, 0.15) is 69.9 Å². The second-order valence-corrected chi connectivity index (χ2v) is 8.38. The van der Waals surface area contributed by atoms with E-state index in [4.69, 9.17) is 11.6 Å². The molecule has 3 rings (SSSR count). The summed E-state index contributed by atoms with van der Waals surface area (Å²) < 4.78 is 0. The molecule has 0 saturated heterocycles. The van der Waals surface area contributed by atoms with Crippen molar-refractivity contribution in [2.24, 2.45) is 5.92 Å². The summed E-state index contributed by atoms with van der Waals surface area (Å²) in [5, 5.41) is 10.0. The van der Waals surface area contributed by atoms with Gasteiger partial charge in [0.15, 0.2) is 0 Å². The quantitative estimate of drug-likeness (QED) is 0.699. The lowest BCUT2D eigenvalue weighted by Gasteiger charge is -2.31. The van der Waals surface area contributed by atoms with Crippen LogP contribution in [-0.2, 0) is 4.79 Å². The van der Waals surface area contributed by atoms with Gasteiger partial charge < -0.3 is 16.0 Å². The van der Waals surface area contributed by atoms with Gasteiger partial charge in [-0.25, -0.2) is 4.79 Å². The van der Waals surface area contributed by atoms with E-state index in [0.29, 0.717) is 10.9 Å². The van der Waals surface area contributed by atoms with Crippen LogP contribution in [0.4, 0.5) is 4.79 Å². The molecule has 1 atom stereocenters. The monoisotopic (exact) mass is 391 g/mol. The molecule has 2 fully saturated rings. The van der Waals surface area contributed by atoms with Crippen LogP contribution in [0, 0.1) is 5.92 Å². The zero-order valence-corrected chi connectivity index (χ0v) is 16.7. The molecular formula is C21H30ClN3O2. The molecule has 148 valence electrons. The Morgan fingerprint density at radius 3 is 2.22 bits per heavy atom. The van der Waals surface area contributed by atoms with E-state index in [0.717, 1.165) is 44.1 Å². The molecule has 2 aliphatic rings. The van der Waals surface area contributed by atoms with Crippen molar-refractivity contribution < 1.29 is 9.59 Å². The summed E-state index contributed by atoms with van der Waals surface area (Å²) in [6, 6.07) is 8.13. The van der Waals surface area contributed by atoms with E-state index < -0.39 is 0 Å². The highest BCUT2D eigenvalue weighted by atomic mass is 35.5. The SMILES string of the molecule is CC(=O)NC1CCC(NC(=O)NC(c2cccc(Cl)c2)C2CCCC2)CC1. The predicted octanol–water partition coefficient (Wildman–Crippen LogP) is 4.32. The first-order valence-corrected chi connectivity index (χ1v) is 10.5. The number of hydrogen-bond donors (Lipinski definition) is 3. The van der Waals surface area contributed by atoms with Crippen molar-refractivity contribution in [2.45, 2.75) is 76.4 Å². The van der Waals surface area contributed by atoms with Crippen molar-refractivity contribution in [1.82, 2.24) is 16.0 Å². The molecule has 27 heavy (non-hydrogen) atoms. The van der Waals surface area contributed by atoms with Crippen LogP contribution in [0.15, 0.2) is 24.3 Å². The molecule has 2 saturated carbocycles. The van der Waals surface area contributed by atoms with Gasteiger partial charge in [-0.3, -0.25) is 4.79 Å². The molecule has 0 radical (unpaired) electrons. The fraction of sp³-hybridized carbons (Fsp3) is 0.619. The topological polar surface area (TPSA) is 70.2 Å². The second-order valence-electron chi connectivity index (χ2n) is 7.94. The van der Waals surface area contributed by atoms with Gasteiger partial charge in [-0.1, -0.05) is 36.6 Å². The highest BCUT2D eigenvalue weighted by Gasteiger charge is 2.29. The van der Waals surface area contributed by atoms with Crippen LogP contribution in [0.25, 0.3) is 0 Å². The predicted molar refractivity (Wildman–Crippen MR) is 108 cm³/mol. The van der Waals surface area contributed by atoms with Crippen LogP contribution in [0.3, 0.4) is 0 Å². The average molecular weight is 392 g/mol. The first kappa shape index (κ1) is 20.0. The van der Waals surface area contributed by atoms with E-state index in [2.05, 4.69) is 16.0 Å². The number of carbonyl (C=O) groups excluding carboxylic acids is 2. The summed E-state index contributed by atoms with van der Waals surface area (Å²) >= 11 is 6.18. The van der Waals surface area contributed by atoms with E-state index in [1.807, 2.05) is 24.3 Å². The van der Waals surface area contributed by atoms with Crippen molar-refractivity contribution in [3.05, 3.63) is 34.9 Å². The van der Waals surface area contributed by atoms with Crippen molar-refractivity contribution in [1.29, 1.82) is 0 Å². The third kappa shape index (κ3) is 5.86. The Bertz CT molecular complexity index is 653. The minimum absolute atomic E-state index is 0.00178. The minimum atomic E-state index is -0.102. The summed E-state index contributed by atoms with van der Waals surface area (Å²) in [4.78, 5) is 23.8. The van der Waals surface area contributed by atoms with Crippen molar-refractivity contribution in [3.8, 4) is 0 Å². The van der Waals surface area contributed by atoms with E-state index in [9.17, 15) is 9.59 Å². The molecule has 0 bridgehead atoms. The summed E-state index contributed by atoms with van der Waals surface area (Å²) in [5.74, 6) is 0.481. The fourth-order valence-corrected chi connectivity index (χ4v) is 4.70. The van der Waals surface area contributed by atoms with Crippen LogP contribution >= 0.6 is 11.6 Å². The molecule has 5 nitrogen and oxygen atoms in total. The molecular weight excluding hydrogens is 362 g/mol. The lowest BCUT2D eigenvalue weighted by atomic mass is 9.90. The van der Waals surface area contributed by atoms with Gasteiger partial charge in [-0.05, 0) is 62.1 Å². The molecule has 3 amide bonds.